The molecule has 0 radical (unpaired) electrons. The van der Waals surface area contributed by atoms with Crippen LogP contribution in [0.15, 0.2) is 36.7 Å². The Balaban J connectivity index is 2.28. The van der Waals surface area contributed by atoms with E-state index in [1.165, 1.54) is 17.1 Å². The molecule has 0 fully saturated rings. The third kappa shape index (κ3) is 2.42. The molecular formula is C12H9F3N2O. The maximum Gasteiger partial charge on any atom is 0.416 e. The third-order valence-electron chi connectivity index (χ3n) is 2.44. The van der Waals surface area contributed by atoms with Gasteiger partial charge in [0.25, 0.3) is 0 Å². The van der Waals surface area contributed by atoms with Crippen molar-refractivity contribution in [2.75, 3.05) is 0 Å². The van der Waals surface area contributed by atoms with Crippen molar-refractivity contribution in [2.45, 2.75) is 6.18 Å². The van der Waals surface area contributed by atoms with Gasteiger partial charge in [-0.3, -0.25) is 9.48 Å². The summed E-state index contributed by atoms with van der Waals surface area (Å²) in [6, 6.07) is 4.11. The van der Waals surface area contributed by atoms with Crippen LogP contribution in [-0.4, -0.2) is 15.6 Å². The van der Waals surface area contributed by atoms with Crippen molar-refractivity contribution in [3.05, 3.63) is 53.3 Å². The third-order valence-corrected chi connectivity index (χ3v) is 2.44. The second-order valence-corrected chi connectivity index (χ2v) is 3.81. The van der Waals surface area contributed by atoms with Gasteiger partial charge in [-0.05, 0) is 12.1 Å². The molecule has 0 spiro atoms. The summed E-state index contributed by atoms with van der Waals surface area (Å²) in [6.45, 7) is 0. The van der Waals surface area contributed by atoms with E-state index in [2.05, 4.69) is 5.10 Å². The molecule has 6 heteroatoms. The van der Waals surface area contributed by atoms with Crippen molar-refractivity contribution in [2.24, 2.45) is 7.05 Å². The van der Waals surface area contributed by atoms with E-state index < -0.39 is 11.7 Å². The lowest BCUT2D eigenvalue weighted by atomic mass is 10.0. The summed E-state index contributed by atoms with van der Waals surface area (Å²) < 4.78 is 38.5. The van der Waals surface area contributed by atoms with Crippen LogP contribution in [0.25, 0.3) is 0 Å². The first-order valence-corrected chi connectivity index (χ1v) is 5.08. The molecule has 0 aliphatic carbocycles. The smallest absolute Gasteiger partial charge is 0.288 e. The molecule has 0 amide bonds. The van der Waals surface area contributed by atoms with Crippen LogP contribution in [0.2, 0.25) is 0 Å². The van der Waals surface area contributed by atoms with Gasteiger partial charge in [-0.25, -0.2) is 0 Å². The van der Waals surface area contributed by atoms with Gasteiger partial charge >= 0.3 is 6.18 Å². The van der Waals surface area contributed by atoms with Gasteiger partial charge in [-0.2, -0.15) is 18.3 Å². The quantitative estimate of drug-likeness (QED) is 0.772. The topological polar surface area (TPSA) is 34.9 Å². The molecule has 0 saturated carbocycles. The second kappa shape index (κ2) is 4.29. The van der Waals surface area contributed by atoms with E-state index in [1.54, 1.807) is 7.05 Å². The zero-order chi connectivity index (χ0) is 13.3. The summed E-state index contributed by atoms with van der Waals surface area (Å²) in [7, 11) is 1.66. The number of nitrogens with zero attached hydrogens (tertiary/aromatic N) is 2. The molecule has 1 heterocycles. The van der Waals surface area contributed by atoms with E-state index in [4.69, 9.17) is 0 Å². The number of alkyl halides is 3. The van der Waals surface area contributed by atoms with Crippen molar-refractivity contribution < 1.29 is 18.0 Å². The Morgan fingerprint density at radius 2 is 1.78 bits per heavy atom. The first kappa shape index (κ1) is 12.3. The van der Waals surface area contributed by atoms with Gasteiger partial charge in [0, 0.05) is 18.8 Å². The number of ketones is 1. The van der Waals surface area contributed by atoms with E-state index >= 15 is 0 Å². The number of aromatic nitrogens is 2. The normalized spacial score (nSPS) is 11.6. The van der Waals surface area contributed by atoms with Crippen LogP contribution in [0.1, 0.15) is 21.5 Å². The van der Waals surface area contributed by atoms with E-state index in [1.807, 2.05) is 0 Å². The number of carbonyl (C=O) groups excluding carboxylic acids is 1. The zero-order valence-electron chi connectivity index (χ0n) is 9.40. The lowest BCUT2D eigenvalue weighted by Gasteiger charge is -2.06. The van der Waals surface area contributed by atoms with Crippen molar-refractivity contribution in [1.82, 2.24) is 9.78 Å². The summed E-state index contributed by atoms with van der Waals surface area (Å²) in [4.78, 5) is 11.9. The van der Waals surface area contributed by atoms with Crippen LogP contribution in [0.5, 0.6) is 0 Å². The van der Waals surface area contributed by atoms with Crippen molar-refractivity contribution >= 4 is 5.78 Å². The van der Waals surface area contributed by atoms with Crippen molar-refractivity contribution in [3.63, 3.8) is 0 Å². The van der Waals surface area contributed by atoms with Crippen LogP contribution >= 0.6 is 0 Å². The maximum atomic E-state index is 12.3. The average molecular weight is 254 g/mol. The molecule has 18 heavy (non-hydrogen) atoms. The summed E-state index contributed by atoms with van der Waals surface area (Å²) in [5.74, 6) is -0.350. The predicted octanol–water partition coefficient (Wildman–Crippen LogP) is 2.67. The Bertz CT molecular complexity index is 570. The molecule has 0 atom stereocenters. The summed E-state index contributed by atoms with van der Waals surface area (Å²) in [5.41, 5.74) is -0.224. The standard InChI is InChI=1S/C12H9F3N2O/c1-17-7-9(6-16-17)11(18)8-2-4-10(5-3-8)12(13,14)15/h2-7H,1H3. The molecule has 0 N–H and O–H groups in total. The fourth-order valence-corrected chi connectivity index (χ4v) is 1.52. The molecule has 1 aromatic carbocycles. The fourth-order valence-electron chi connectivity index (χ4n) is 1.52. The Morgan fingerprint density at radius 3 is 2.22 bits per heavy atom. The molecule has 94 valence electrons. The highest BCUT2D eigenvalue weighted by molar-refractivity contribution is 6.08. The monoisotopic (exact) mass is 254 g/mol. The number of carbonyl (C=O) groups is 1. The van der Waals surface area contributed by atoms with Crippen molar-refractivity contribution in [1.29, 1.82) is 0 Å². The number of aryl methyl sites for hydroxylation is 1. The molecule has 2 rings (SSSR count). The Labute approximate surface area is 101 Å². The largest absolute Gasteiger partial charge is 0.416 e. The van der Waals surface area contributed by atoms with Gasteiger partial charge in [-0.15, -0.1) is 0 Å². The van der Waals surface area contributed by atoms with Crippen LogP contribution in [0.4, 0.5) is 13.2 Å². The molecular weight excluding hydrogens is 245 g/mol. The van der Waals surface area contributed by atoms with Crippen molar-refractivity contribution in [3.8, 4) is 0 Å². The van der Waals surface area contributed by atoms with Gasteiger partial charge in [0.1, 0.15) is 0 Å². The molecule has 2 aromatic rings. The fraction of sp³-hybridized carbons (Fsp3) is 0.167. The average Bonchev–Trinajstić information content (AvgIpc) is 2.74. The number of hydrogen-bond acceptors (Lipinski definition) is 2. The van der Waals surface area contributed by atoms with Crippen LogP contribution in [0, 0.1) is 0 Å². The van der Waals surface area contributed by atoms with Gasteiger partial charge in [0.15, 0.2) is 5.78 Å². The Kier molecular flexibility index (Phi) is 2.94. The molecule has 0 unspecified atom stereocenters. The summed E-state index contributed by atoms with van der Waals surface area (Å²) in [5, 5.41) is 3.84. The van der Waals surface area contributed by atoms with E-state index in [9.17, 15) is 18.0 Å². The summed E-state index contributed by atoms with van der Waals surface area (Å²) in [6.07, 6.45) is -1.50. The minimum Gasteiger partial charge on any atom is -0.288 e. The van der Waals surface area contributed by atoms with E-state index in [0.717, 1.165) is 24.3 Å². The highest BCUT2D eigenvalue weighted by Crippen LogP contribution is 2.29. The first-order chi connectivity index (χ1) is 8.38. The van der Waals surface area contributed by atoms with Crippen LogP contribution < -0.4 is 0 Å². The summed E-state index contributed by atoms with van der Waals surface area (Å²) >= 11 is 0. The molecule has 0 saturated heterocycles. The van der Waals surface area contributed by atoms with Crippen LogP contribution in [-0.2, 0) is 13.2 Å². The van der Waals surface area contributed by atoms with Crippen LogP contribution in [0.3, 0.4) is 0 Å². The molecule has 1 aromatic heterocycles. The zero-order valence-corrected chi connectivity index (χ0v) is 9.40. The predicted molar refractivity (Wildman–Crippen MR) is 58.1 cm³/mol. The minimum atomic E-state index is -4.39. The molecule has 0 aliphatic heterocycles. The molecule has 0 bridgehead atoms. The SMILES string of the molecule is Cn1cc(C(=O)c2ccc(C(F)(F)F)cc2)cn1. The number of rotatable bonds is 2. The van der Waals surface area contributed by atoms with Gasteiger partial charge in [0.2, 0.25) is 0 Å². The highest BCUT2D eigenvalue weighted by Gasteiger charge is 2.30. The van der Waals surface area contributed by atoms with Gasteiger partial charge < -0.3 is 0 Å². The van der Waals surface area contributed by atoms with Gasteiger partial charge in [0.05, 0.1) is 17.3 Å². The number of benzene rings is 1. The van der Waals surface area contributed by atoms with E-state index in [-0.39, 0.29) is 11.3 Å². The Hall–Kier alpha value is -2.11. The lowest BCUT2D eigenvalue weighted by Crippen LogP contribution is -2.06. The number of hydrogen-bond donors (Lipinski definition) is 0. The van der Waals surface area contributed by atoms with E-state index in [0.29, 0.717) is 5.56 Å². The maximum absolute atomic E-state index is 12.3. The minimum absolute atomic E-state index is 0.205. The van der Waals surface area contributed by atoms with Gasteiger partial charge in [-0.1, -0.05) is 12.1 Å². The lowest BCUT2D eigenvalue weighted by molar-refractivity contribution is -0.137. The molecule has 0 aliphatic rings. The Morgan fingerprint density at radius 1 is 1.17 bits per heavy atom. The molecule has 3 nitrogen and oxygen atoms in total. The second-order valence-electron chi connectivity index (χ2n) is 3.81. The number of halogens is 3. The highest BCUT2D eigenvalue weighted by atomic mass is 19.4. The first-order valence-electron chi connectivity index (χ1n) is 5.08.